The highest BCUT2D eigenvalue weighted by atomic mass is 14.9. The van der Waals surface area contributed by atoms with E-state index in [9.17, 15) is 0 Å². The molecule has 0 unspecified atom stereocenters. The van der Waals surface area contributed by atoms with Crippen LogP contribution in [0.1, 0.15) is 0 Å². The minimum atomic E-state index is 0.633. The lowest BCUT2D eigenvalue weighted by Gasteiger charge is -2.12. The Kier molecular flexibility index (Phi) is 13.7. The number of hydrogen-bond donors (Lipinski definition) is 0. The molecule has 0 saturated carbocycles. The first-order valence-electron chi connectivity index (χ1n) is 32.2. The number of aromatic nitrogens is 8. The van der Waals surface area contributed by atoms with Gasteiger partial charge in [0.1, 0.15) is 0 Å². The third-order valence-corrected chi connectivity index (χ3v) is 18.5. The van der Waals surface area contributed by atoms with Crippen LogP contribution in [0.15, 0.2) is 328 Å². The molecule has 18 rings (SSSR count). The zero-order valence-corrected chi connectivity index (χ0v) is 51.8. The minimum absolute atomic E-state index is 0.633. The molecule has 0 saturated heterocycles. The molecular weight excluding hydrogens is 1170 g/mol. The fourth-order valence-corrected chi connectivity index (χ4v) is 13.6. The van der Waals surface area contributed by atoms with Crippen molar-refractivity contribution < 1.29 is 0 Å². The smallest absolute Gasteiger partial charge is 0.160 e. The van der Waals surface area contributed by atoms with Crippen molar-refractivity contribution in [1.82, 2.24) is 39.9 Å². The van der Waals surface area contributed by atoms with Gasteiger partial charge in [-0.3, -0.25) is 9.97 Å². The zero-order chi connectivity index (χ0) is 63.5. The number of benzene rings is 12. The zero-order valence-electron chi connectivity index (χ0n) is 51.8. The normalized spacial score (nSPS) is 11.5. The fourth-order valence-electron chi connectivity index (χ4n) is 13.6. The van der Waals surface area contributed by atoms with Crippen LogP contribution >= 0.6 is 0 Å². The Bertz CT molecular complexity index is 5950. The van der Waals surface area contributed by atoms with Crippen LogP contribution in [0.5, 0.6) is 0 Å². The SMILES string of the molecule is c1ccc(-c2nc(-c3ccc(-c4ccnc(-c5ccc(-c6cc(-c7ccc(-c8ccc9c%10ccccc%10c%10ccccc%10c9n8)cc7)nc(-c7ccc(-c8ccncc8)cc7)n6)cc5)c4)cc3)cc(-c3ccc(-c4ccc5c6ccccc6c6ccccc6c5n4)cc3)n2)cc1. The standard InChI is InChI=1S/C88H54N8/c1-2-12-65(13-3-1)87-93-81(53-82(94-87)62-34-28-58(29-35-62)78-44-42-76-72-18-6-4-14-68(72)70-16-8-10-20-74(70)85(76)91-78)61-26-22-56(23-27-61)67-48-51-90-80(52-67)60-32-38-64(39-33-60)84-54-83(95-88(96-84)66-40-24-55(25-41-66)57-46-49-89-50-47-57)63-36-30-59(31-37-63)79-45-43-77-73-19-7-5-15-69(73)71-17-9-11-21-75(71)86(77)92-79/h1-54H. The molecule has 0 fully saturated rings. The predicted molar refractivity (Wildman–Crippen MR) is 394 cm³/mol. The van der Waals surface area contributed by atoms with E-state index in [2.05, 4.69) is 284 Å². The molecule has 0 radical (unpaired) electrons. The Morgan fingerprint density at radius 2 is 0.438 bits per heavy atom. The van der Waals surface area contributed by atoms with E-state index < -0.39 is 0 Å². The van der Waals surface area contributed by atoms with Crippen molar-refractivity contribution in [1.29, 1.82) is 0 Å². The van der Waals surface area contributed by atoms with Gasteiger partial charge in [0.15, 0.2) is 11.6 Å². The van der Waals surface area contributed by atoms with E-state index >= 15 is 0 Å². The largest absolute Gasteiger partial charge is 0.265 e. The average Bonchev–Trinajstić information content (AvgIpc) is 0.762. The van der Waals surface area contributed by atoms with Crippen LogP contribution in [0.3, 0.4) is 0 Å². The number of fused-ring (bicyclic) bond motifs is 12. The van der Waals surface area contributed by atoms with Crippen LogP contribution in [0, 0.1) is 0 Å². The number of rotatable bonds is 11. The Hall–Kier alpha value is -13.0. The fraction of sp³-hybridized carbons (Fsp3) is 0. The number of pyridine rings is 4. The van der Waals surface area contributed by atoms with Gasteiger partial charge < -0.3 is 0 Å². The van der Waals surface area contributed by atoms with Gasteiger partial charge in [0, 0.05) is 90.2 Å². The van der Waals surface area contributed by atoms with Crippen LogP contribution in [0.2, 0.25) is 0 Å². The molecule has 0 aliphatic carbocycles. The minimum Gasteiger partial charge on any atom is -0.265 e. The first kappa shape index (κ1) is 55.8. The van der Waals surface area contributed by atoms with E-state index in [0.29, 0.717) is 11.6 Å². The van der Waals surface area contributed by atoms with Gasteiger partial charge in [-0.05, 0) is 115 Å². The molecular formula is C88H54N8. The molecule has 96 heavy (non-hydrogen) atoms. The first-order valence-corrected chi connectivity index (χ1v) is 32.2. The Balaban J connectivity index is 0.632. The van der Waals surface area contributed by atoms with Crippen molar-refractivity contribution >= 4 is 64.9 Å². The van der Waals surface area contributed by atoms with Crippen LogP contribution in [-0.4, -0.2) is 39.9 Å². The summed E-state index contributed by atoms with van der Waals surface area (Å²) in [5.41, 5.74) is 21.1. The van der Waals surface area contributed by atoms with Crippen molar-refractivity contribution in [3.8, 4) is 124 Å². The third-order valence-electron chi connectivity index (χ3n) is 18.5. The highest BCUT2D eigenvalue weighted by molar-refractivity contribution is 6.25. The summed E-state index contributed by atoms with van der Waals surface area (Å²) in [5, 5.41) is 11.9. The van der Waals surface area contributed by atoms with Gasteiger partial charge in [-0.2, -0.15) is 0 Å². The summed E-state index contributed by atoms with van der Waals surface area (Å²) in [6.45, 7) is 0. The first-order chi connectivity index (χ1) is 47.5. The molecule has 12 aromatic carbocycles. The van der Waals surface area contributed by atoms with Gasteiger partial charge in [0.05, 0.1) is 50.9 Å². The summed E-state index contributed by atoms with van der Waals surface area (Å²) in [7, 11) is 0. The summed E-state index contributed by atoms with van der Waals surface area (Å²) in [6.07, 6.45) is 5.51. The maximum atomic E-state index is 5.33. The maximum absolute atomic E-state index is 5.33. The van der Waals surface area contributed by atoms with Gasteiger partial charge in [-0.15, -0.1) is 0 Å². The van der Waals surface area contributed by atoms with Gasteiger partial charge in [0.2, 0.25) is 0 Å². The summed E-state index contributed by atoms with van der Waals surface area (Å²) in [4.78, 5) is 40.6. The molecule has 8 nitrogen and oxygen atoms in total. The average molecular weight is 1220 g/mol. The van der Waals surface area contributed by atoms with E-state index in [1.807, 2.05) is 48.9 Å². The lowest BCUT2D eigenvalue weighted by molar-refractivity contribution is 1.18. The van der Waals surface area contributed by atoms with Crippen molar-refractivity contribution in [2.45, 2.75) is 0 Å². The van der Waals surface area contributed by atoms with Crippen LogP contribution in [0.4, 0.5) is 0 Å². The summed E-state index contributed by atoms with van der Waals surface area (Å²) in [5.74, 6) is 1.29. The van der Waals surface area contributed by atoms with Gasteiger partial charge in [-0.25, -0.2) is 29.9 Å². The van der Waals surface area contributed by atoms with Crippen molar-refractivity contribution in [2.75, 3.05) is 0 Å². The molecule has 0 spiro atoms. The molecule has 6 aromatic heterocycles. The Morgan fingerprint density at radius 1 is 0.156 bits per heavy atom. The quantitative estimate of drug-likeness (QED) is 0.118. The van der Waals surface area contributed by atoms with E-state index in [1.165, 1.54) is 32.3 Å². The van der Waals surface area contributed by atoms with Crippen molar-refractivity contribution in [2.24, 2.45) is 0 Å². The topological polar surface area (TPSA) is 103 Å². The molecule has 8 heteroatoms. The third kappa shape index (κ3) is 10.2. The summed E-state index contributed by atoms with van der Waals surface area (Å²) < 4.78 is 0. The molecule has 0 aliphatic heterocycles. The van der Waals surface area contributed by atoms with E-state index in [1.54, 1.807) is 0 Å². The van der Waals surface area contributed by atoms with Crippen LogP contribution in [-0.2, 0) is 0 Å². The second-order valence-corrected chi connectivity index (χ2v) is 24.2. The van der Waals surface area contributed by atoms with Gasteiger partial charge >= 0.3 is 0 Å². The highest BCUT2D eigenvalue weighted by Gasteiger charge is 2.18. The van der Waals surface area contributed by atoms with Gasteiger partial charge in [0.25, 0.3) is 0 Å². The Morgan fingerprint density at radius 3 is 0.844 bits per heavy atom. The molecule has 0 amide bonds. The number of nitrogens with zero attached hydrogens (tertiary/aromatic N) is 8. The summed E-state index contributed by atoms with van der Waals surface area (Å²) in [6, 6.07) is 108. The highest BCUT2D eigenvalue weighted by Crippen LogP contribution is 2.40. The van der Waals surface area contributed by atoms with E-state index in [-0.39, 0.29) is 0 Å². The maximum Gasteiger partial charge on any atom is 0.160 e. The molecule has 0 N–H and O–H groups in total. The Labute approximate surface area is 553 Å². The molecule has 0 aliphatic rings. The van der Waals surface area contributed by atoms with Crippen molar-refractivity contribution in [3.63, 3.8) is 0 Å². The van der Waals surface area contributed by atoms with Crippen molar-refractivity contribution in [3.05, 3.63) is 328 Å². The van der Waals surface area contributed by atoms with Gasteiger partial charge in [-0.1, -0.05) is 249 Å². The second-order valence-electron chi connectivity index (χ2n) is 24.2. The lowest BCUT2D eigenvalue weighted by Crippen LogP contribution is -1.96. The van der Waals surface area contributed by atoms with Crippen LogP contribution < -0.4 is 0 Å². The number of hydrogen-bond acceptors (Lipinski definition) is 8. The lowest BCUT2D eigenvalue weighted by atomic mass is 9.96. The monoisotopic (exact) mass is 1220 g/mol. The van der Waals surface area contributed by atoms with Crippen LogP contribution in [0.25, 0.3) is 189 Å². The van der Waals surface area contributed by atoms with E-state index in [0.717, 1.165) is 145 Å². The predicted octanol–water partition coefficient (Wildman–Crippen LogP) is 22.1. The summed E-state index contributed by atoms with van der Waals surface area (Å²) >= 11 is 0. The second kappa shape index (κ2) is 23.6. The van der Waals surface area contributed by atoms with E-state index in [4.69, 9.17) is 34.9 Å². The molecule has 446 valence electrons. The molecule has 0 atom stereocenters. The molecule has 0 bridgehead atoms. The molecule has 18 aromatic rings. The molecule has 6 heterocycles.